The van der Waals surface area contributed by atoms with E-state index < -0.39 is 12.1 Å². The number of nitrogens with one attached hydrogen (secondary N) is 2. The van der Waals surface area contributed by atoms with Crippen molar-refractivity contribution in [3.63, 3.8) is 0 Å². The molecule has 10 heteroatoms. The molecule has 0 aliphatic carbocycles. The second-order valence-corrected chi connectivity index (χ2v) is 8.79. The molecule has 35 heavy (non-hydrogen) atoms. The van der Waals surface area contributed by atoms with Crippen LogP contribution in [0.25, 0.3) is 0 Å². The number of anilines is 1. The van der Waals surface area contributed by atoms with Crippen molar-refractivity contribution in [3.8, 4) is 11.5 Å². The third-order valence-electron chi connectivity index (χ3n) is 6.29. The molecule has 1 unspecified atom stereocenters. The number of morpholine rings is 1. The number of hydrogen-bond donors (Lipinski definition) is 2. The van der Waals surface area contributed by atoms with Crippen molar-refractivity contribution < 1.29 is 28.6 Å². The third kappa shape index (κ3) is 5.55. The van der Waals surface area contributed by atoms with Crippen molar-refractivity contribution in [1.29, 1.82) is 0 Å². The van der Waals surface area contributed by atoms with Gasteiger partial charge in [0.2, 0.25) is 12.7 Å². The topological polar surface area (TPSA) is 109 Å². The van der Waals surface area contributed by atoms with E-state index in [1.54, 1.807) is 18.2 Å². The van der Waals surface area contributed by atoms with E-state index in [-0.39, 0.29) is 38.0 Å². The normalized spacial score (nSPS) is 19.7. The Labute approximate surface area is 203 Å². The maximum absolute atomic E-state index is 12.8. The van der Waals surface area contributed by atoms with Gasteiger partial charge in [-0.1, -0.05) is 18.2 Å². The molecule has 2 fully saturated rings. The number of imide groups is 1. The lowest BCUT2D eigenvalue weighted by Gasteiger charge is -2.26. The predicted molar refractivity (Wildman–Crippen MR) is 126 cm³/mol. The summed E-state index contributed by atoms with van der Waals surface area (Å²) in [5.41, 5.74) is 2.63. The zero-order valence-corrected chi connectivity index (χ0v) is 19.3. The summed E-state index contributed by atoms with van der Waals surface area (Å²) in [5.74, 6) is 0.689. The first-order chi connectivity index (χ1) is 17.0. The van der Waals surface area contributed by atoms with Gasteiger partial charge in [-0.3, -0.25) is 19.4 Å². The smallest absolute Gasteiger partial charge is 0.325 e. The number of nitrogens with zero attached hydrogens (tertiary/aromatic N) is 2. The molecular formula is C25H28N4O6. The summed E-state index contributed by atoms with van der Waals surface area (Å²) in [6.07, 6.45) is 0.341. The molecule has 3 heterocycles. The molecule has 10 nitrogen and oxygen atoms in total. The van der Waals surface area contributed by atoms with Gasteiger partial charge in [-0.05, 0) is 41.8 Å². The van der Waals surface area contributed by atoms with Gasteiger partial charge in [0, 0.05) is 31.7 Å². The van der Waals surface area contributed by atoms with Crippen molar-refractivity contribution in [3.05, 3.63) is 53.6 Å². The zero-order valence-electron chi connectivity index (χ0n) is 19.3. The fraction of sp³-hybridized carbons (Fsp3) is 0.400. The molecule has 2 saturated heterocycles. The summed E-state index contributed by atoms with van der Waals surface area (Å²) in [6.45, 7) is 4.49. The van der Waals surface area contributed by atoms with Gasteiger partial charge in [-0.2, -0.15) is 0 Å². The number of amides is 4. The SMILES string of the molecule is O=C(CCC1NC(=O)N(Cc2ccc3c(c2)OCO3)C1=O)Nc1ccc(CN2CCOCC2)cc1. The Morgan fingerprint density at radius 2 is 1.71 bits per heavy atom. The number of benzene rings is 2. The lowest BCUT2D eigenvalue weighted by Crippen LogP contribution is -2.35. The Hall–Kier alpha value is -3.63. The minimum Gasteiger partial charge on any atom is -0.454 e. The van der Waals surface area contributed by atoms with Crippen LogP contribution in [0.4, 0.5) is 10.5 Å². The highest BCUT2D eigenvalue weighted by Crippen LogP contribution is 2.33. The van der Waals surface area contributed by atoms with Crippen molar-refractivity contribution in [1.82, 2.24) is 15.1 Å². The van der Waals surface area contributed by atoms with Gasteiger partial charge >= 0.3 is 6.03 Å². The Balaban J connectivity index is 1.09. The van der Waals surface area contributed by atoms with Gasteiger partial charge < -0.3 is 24.8 Å². The molecule has 5 rings (SSSR count). The van der Waals surface area contributed by atoms with Crippen molar-refractivity contribution >= 4 is 23.5 Å². The Bertz CT molecular complexity index is 1100. The van der Waals surface area contributed by atoms with Crippen LogP contribution in [0.5, 0.6) is 11.5 Å². The molecule has 0 bridgehead atoms. The minimum absolute atomic E-state index is 0.115. The number of rotatable bonds is 8. The lowest BCUT2D eigenvalue weighted by molar-refractivity contribution is -0.128. The van der Waals surface area contributed by atoms with Crippen LogP contribution in [0.15, 0.2) is 42.5 Å². The van der Waals surface area contributed by atoms with Gasteiger partial charge in [0.15, 0.2) is 11.5 Å². The fourth-order valence-corrected chi connectivity index (χ4v) is 4.35. The molecule has 184 valence electrons. The Morgan fingerprint density at radius 3 is 2.51 bits per heavy atom. The van der Waals surface area contributed by atoms with Gasteiger partial charge in [-0.25, -0.2) is 4.79 Å². The summed E-state index contributed by atoms with van der Waals surface area (Å²) in [6, 6.07) is 11.9. The summed E-state index contributed by atoms with van der Waals surface area (Å²) in [4.78, 5) is 41.1. The summed E-state index contributed by atoms with van der Waals surface area (Å²) < 4.78 is 16.0. The van der Waals surface area contributed by atoms with Crippen LogP contribution in [0.2, 0.25) is 0 Å². The number of hydrogen-bond acceptors (Lipinski definition) is 7. The van der Waals surface area contributed by atoms with Crippen molar-refractivity contribution in [2.75, 3.05) is 38.4 Å². The number of carbonyl (C=O) groups is 3. The molecule has 2 aromatic rings. The van der Waals surface area contributed by atoms with E-state index in [0.717, 1.165) is 43.3 Å². The first kappa shape index (κ1) is 23.1. The molecule has 0 spiro atoms. The highest BCUT2D eigenvalue weighted by atomic mass is 16.7. The van der Waals surface area contributed by atoms with E-state index in [1.807, 2.05) is 24.3 Å². The lowest BCUT2D eigenvalue weighted by atomic mass is 10.1. The molecule has 0 radical (unpaired) electrons. The number of ether oxygens (including phenoxy) is 3. The Morgan fingerprint density at radius 1 is 0.971 bits per heavy atom. The van der Waals surface area contributed by atoms with Crippen LogP contribution < -0.4 is 20.1 Å². The van der Waals surface area contributed by atoms with Crippen LogP contribution in [0, 0.1) is 0 Å². The monoisotopic (exact) mass is 480 g/mol. The van der Waals surface area contributed by atoms with E-state index in [9.17, 15) is 14.4 Å². The number of carbonyl (C=O) groups excluding carboxylic acids is 3. The third-order valence-corrected chi connectivity index (χ3v) is 6.29. The molecule has 2 N–H and O–H groups in total. The minimum atomic E-state index is -0.724. The van der Waals surface area contributed by atoms with Crippen molar-refractivity contribution in [2.45, 2.75) is 32.0 Å². The largest absolute Gasteiger partial charge is 0.454 e. The molecule has 3 aliphatic rings. The highest BCUT2D eigenvalue weighted by Gasteiger charge is 2.38. The highest BCUT2D eigenvalue weighted by molar-refractivity contribution is 6.04. The number of urea groups is 1. The van der Waals surface area contributed by atoms with Crippen LogP contribution >= 0.6 is 0 Å². The zero-order chi connectivity index (χ0) is 24.2. The number of fused-ring (bicyclic) bond motifs is 1. The van der Waals surface area contributed by atoms with Crippen LogP contribution in [-0.4, -0.2) is 66.8 Å². The van der Waals surface area contributed by atoms with Gasteiger partial charge in [0.1, 0.15) is 6.04 Å². The molecule has 1 atom stereocenters. The Kier molecular flexibility index (Phi) is 6.82. The van der Waals surface area contributed by atoms with E-state index in [2.05, 4.69) is 15.5 Å². The van der Waals surface area contributed by atoms with Crippen molar-refractivity contribution in [2.24, 2.45) is 0 Å². The molecular weight excluding hydrogens is 452 g/mol. The molecule has 0 aromatic heterocycles. The van der Waals surface area contributed by atoms with Gasteiger partial charge in [0.25, 0.3) is 5.91 Å². The van der Waals surface area contributed by atoms with Gasteiger partial charge in [-0.15, -0.1) is 0 Å². The fourth-order valence-electron chi connectivity index (χ4n) is 4.35. The first-order valence-corrected chi connectivity index (χ1v) is 11.7. The summed E-state index contributed by atoms with van der Waals surface area (Å²) in [7, 11) is 0. The summed E-state index contributed by atoms with van der Waals surface area (Å²) >= 11 is 0. The second-order valence-electron chi connectivity index (χ2n) is 8.79. The molecule has 3 aliphatic heterocycles. The maximum atomic E-state index is 12.8. The van der Waals surface area contributed by atoms with Crippen LogP contribution in [-0.2, 0) is 27.4 Å². The molecule has 2 aromatic carbocycles. The average Bonchev–Trinajstić information content (AvgIpc) is 3.44. The van der Waals surface area contributed by atoms with E-state index in [1.165, 1.54) is 5.56 Å². The van der Waals surface area contributed by atoms with E-state index in [0.29, 0.717) is 17.2 Å². The quantitative estimate of drug-likeness (QED) is 0.557. The standard InChI is InChI=1S/C25H28N4O6/c30-23(26-19-4-1-17(2-5-19)14-28-9-11-33-12-10-28)8-6-20-24(31)29(25(32)27-20)15-18-3-7-21-22(13-18)35-16-34-21/h1-5,7,13,20H,6,8-12,14-16H2,(H,26,30)(H,27,32). The summed E-state index contributed by atoms with van der Waals surface area (Å²) in [5, 5.41) is 5.54. The molecule has 4 amide bonds. The van der Waals surface area contributed by atoms with E-state index in [4.69, 9.17) is 14.2 Å². The average molecular weight is 481 g/mol. The maximum Gasteiger partial charge on any atom is 0.325 e. The second kappa shape index (κ2) is 10.3. The van der Waals surface area contributed by atoms with Gasteiger partial charge in [0.05, 0.1) is 19.8 Å². The predicted octanol–water partition coefficient (Wildman–Crippen LogP) is 2.09. The first-order valence-electron chi connectivity index (χ1n) is 11.7. The van der Waals surface area contributed by atoms with Crippen LogP contribution in [0.3, 0.4) is 0 Å². The van der Waals surface area contributed by atoms with E-state index >= 15 is 0 Å². The van der Waals surface area contributed by atoms with Crippen LogP contribution in [0.1, 0.15) is 24.0 Å². The molecule has 0 saturated carbocycles.